The average Bonchev–Trinajstić information content (AvgIpc) is 3.21. The average molecular weight is 797 g/mol. The Kier molecular flexibility index (Phi) is 13.6. The Morgan fingerprint density at radius 2 is 1.25 bits per heavy atom. The molecule has 1 N–H and O–H groups in total. The van der Waals surface area contributed by atoms with Crippen molar-refractivity contribution in [2.45, 2.75) is 149 Å². The van der Waals surface area contributed by atoms with Crippen LogP contribution in [0.4, 0.5) is 0 Å². The summed E-state index contributed by atoms with van der Waals surface area (Å²) in [5, 5.41) is 13.2. The van der Waals surface area contributed by atoms with Gasteiger partial charge in [0.1, 0.15) is 0 Å². The Hall–Kier alpha value is -4.87. The third-order valence-electron chi connectivity index (χ3n) is 10.1. The van der Waals surface area contributed by atoms with Crippen LogP contribution in [0.1, 0.15) is 95.9 Å². The second kappa shape index (κ2) is 16.7. The first-order chi connectivity index (χ1) is 25.6. The zero-order valence-corrected chi connectivity index (χ0v) is 33.7. The number of rotatable bonds is 8. The van der Waals surface area contributed by atoms with Gasteiger partial charge in [0.2, 0.25) is 0 Å². The van der Waals surface area contributed by atoms with E-state index >= 15 is 4.79 Å². The minimum absolute atomic E-state index is 0.587. The second-order valence-corrected chi connectivity index (χ2v) is 15.6. The van der Waals surface area contributed by atoms with Crippen LogP contribution in [-0.4, -0.2) is 112 Å². The standard InChI is InChI=1S/C38H52O18/c1-17(2)33(47)54-32-27(49-19(4)39)31(51-21(6)41)35(10,11)15-13-18(3)28(46)38(48)26(30-37(32,56-24(9)44)16-14-25(45)53-30)29(50-20(5)40)36(12,55-23(8)43)34(38)52-22(7)42/h13,15,17-18,26-27,29-32,34,48H,14,16H2,1-12H3/b15-13+/t18-,26+,27-,29+,30+,31+,32+,34-,36-,37-,38+/m1/s1. The van der Waals surface area contributed by atoms with Gasteiger partial charge in [-0.3, -0.25) is 43.2 Å². The van der Waals surface area contributed by atoms with E-state index in [-0.39, 0.29) is 0 Å². The van der Waals surface area contributed by atoms with Gasteiger partial charge in [0.25, 0.3) is 0 Å². The molecule has 0 aromatic rings. The lowest BCUT2D eigenvalue weighted by Crippen LogP contribution is -2.72. The molecule has 0 aromatic carbocycles. The number of hydrogen-bond donors (Lipinski definition) is 1. The molecule has 0 spiro atoms. The van der Waals surface area contributed by atoms with E-state index in [4.69, 9.17) is 37.9 Å². The SMILES string of the molecule is CC(=O)O[C@@H]1[C@H](OC(C)=O)C(C)(C)/C=C/[C@@H](C)C(=O)[C@@]2(O)[C@@H]([C@H](OC(C)=O)[C@@](C)(OC(C)=O)[C@H]2OC(C)=O)[C@@H]2OC(=O)CC[C@]2(OC(C)=O)[C@H]1OC(=O)C(C)C. The summed E-state index contributed by atoms with van der Waals surface area (Å²) in [7, 11) is 0. The van der Waals surface area contributed by atoms with Gasteiger partial charge in [-0.25, -0.2) is 0 Å². The van der Waals surface area contributed by atoms with Gasteiger partial charge in [-0.05, 0) is 6.92 Å². The Morgan fingerprint density at radius 3 is 1.73 bits per heavy atom. The monoisotopic (exact) mass is 796 g/mol. The van der Waals surface area contributed by atoms with Crippen LogP contribution < -0.4 is 0 Å². The highest BCUT2D eigenvalue weighted by Gasteiger charge is 2.80. The summed E-state index contributed by atoms with van der Waals surface area (Å²) < 4.78 is 46.8. The van der Waals surface area contributed by atoms with Crippen LogP contribution in [0, 0.1) is 23.2 Å². The Morgan fingerprint density at radius 1 is 0.732 bits per heavy atom. The van der Waals surface area contributed by atoms with Crippen LogP contribution in [0.25, 0.3) is 0 Å². The van der Waals surface area contributed by atoms with Gasteiger partial charge in [-0.2, -0.15) is 0 Å². The summed E-state index contributed by atoms with van der Waals surface area (Å²) in [6.07, 6.45) is -10.7. The Bertz CT molecular complexity index is 1660. The van der Waals surface area contributed by atoms with E-state index in [1.807, 2.05) is 0 Å². The molecule has 0 amide bonds. The lowest BCUT2D eigenvalue weighted by Gasteiger charge is -2.53. The van der Waals surface area contributed by atoms with Gasteiger partial charge in [-0.1, -0.05) is 46.8 Å². The van der Waals surface area contributed by atoms with E-state index < -0.39 is 143 Å². The normalized spacial score (nSPS) is 35.8. The molecule has 0 bridgehead atoms. The van der Waals surface area contributed by atoms with E-state index in [1.165, 1.54) is 46.8 Å². The minimum Gasteiger partial charge on any atom is -0.458 e. The topological polar surface area (TPSA) is 248 Å². The highest BCUT2D eigenvalue weighted by Crippen LogP contribution is 2.56. The van der Waals surface area contributed by atoms with Crippen molar-refractivity contribution in [2.75, 3.05) is 0 Å². The number of Topliss-reactive ketones (excluding diaryl/α,β-unsaturated/α-hetero) is 1. The summed E-state index contributed by atoms with van der Waals surface area (Å²) >= 11 is 0. The molecule has 11 atom stereocenters. The highest BCUT2D eigenvalue weighted by atomic mass is 16.7. The largest absolute Gasteiger partial charge is 0.458 e. The molecular weight excluding hydrogens is 744 g/mol. The van der Waals surface area contributed by atoms with E-state index in [1.54, 1.807) is 0 Å². The number of carbonyl (C=O) groups excluding carboxylic acids is 9. The van der Waals surface area contributed by atoms with Crippen molar-refractivity contribution in [1.82, 2.24) is 0 Å². The minimum atomic E-state index is -3.16. The molecule has 1 aliphatic heterocycles. The molecule has 2 aliphatic carbocycles. The van der Waals surface area contributed by atoms with Crippen LogP contribution in [0.5, 0.6) is 0 Å². The fraction of sp³-hybridized carbons (Fsp3) is 0.711. The molecule has 1 heterocycles. The van der Waals surface area contributed by atoms with Crippen molar-refractivity contribution in [2.24, 2.45) is 23.2 Å². The summed E-state index contributed by atoms with van der Waals surface area (Å²) in [6.45, 7) is 14.2. The fourth-order valence-electron chi connectivity index (χ4n) is 7.99. The van der Waals surface area contributed by atoms with Crippen LogP contribution in [0.2, 0.25) is 0 Å². The lowest BCUT2D eigenvalue weighted by atomic mass is 9.66. The number of carbonyl (C=O) groups is 9. The summed E-state index contributed by atoms with van der Waals surface area (Å²) in [6, 6.07) is 0. The van der Waals surface area contributed by atoms with Crippen molar-refractivity contribution in [3.05, 3.63) is 12.2 Å². The maximum absolute atomic E-state index is 15.0. The molecule has 0 unspecified atom stereocenters. The molecular formula is C38H52O18. The van der Waals surface area contributed by atoms with Crippen molar-refractivity contribution in [1.29, 1.82) is 0 Å². The van der Waals surface area contributed by atoms with Crippen LogP contribution >= 0.6 is 0 Å². The highest BCUT2D eigenvalue weighted by molar-refractivity contribution is 5.93. The summed E-state index contributed by atoms with van der Waals surface area (Å²) in [5.74, 6) is -13.9. The van der Waals surface area contributed by atoms with Gasteiger partial charge in [0.05, 0.1) is 11.8 Å². The quantitative estimate of drug-likeness (QED) is 0.209. The first-order valence-corrected chi connectivity index (χ1v) is 18.1. The predicted molar refractivity (Wildman–Crippen MR) is 186 cm³/mol. The maximum atomic E-state index is 15.0. The number of allylic oxidation sites excluding steroid dienone is 1. The summed E-state index contributed by atoms with van der Waals surface area (Å²) in [5.41, 5.74) is -9.69. The molecule has 3 rings (SSSR count). The van der Waals surface area contributed by atoms with Gasteiger partial charge in [-0.15, -0.1) is 0 Å². The van der Waals surface area contributed by atoms with Crippen LogP contribution in [-0.2, 0) is 81.0 Å². The van der Waals surface area contributed by atoms with Crippen LogP contribution in [0.3, 0.4) is 0 Å². The second-order valence-electron chi connectivity index (χ2n) is 15.6. The van der Waals surface area contributed by atoms with Crippen molar-refractivity contribution < 1.29 is 86.2 Å². The van der Waals surface area contributed by atoms with Crippen molar-refractivity contribution >= 4 is 53.5 Å². The van der Waals surface area contributed by atoms with Gasteiger partial charge < -0.3 is 43.0 Å². The molecule has 1 saturated heterocycles. The zero-order chi connectivity index (χ0) is 42.9. The van der Waals surface area contributed by atoms with E-state index in [2.05, 4.69) is 0 Å². The molecule has 2 fully saturated rings. The fourth-order valence-corrected chi connectivity index (χ4v) is 7.99. The Balaban J connectivity index is 2.77. The molecule has 0 radical (unpaired) electrons. The molecule has 3 aliphatic rings. The van der Waals surface area contributed by atoms with Gasteiger partial charge in [0.15, 0.2) is 59.2 Å². The number of ether oxygens (including phenoxy) is 8. The predicted octanol–water partition coefficient (Wildman–Crippen LogP) is 1.77. The lowest BCUT2D eigenvalue weighted by molar-refractivity contribution is -0.272. The number of fused-ring (bicyclic) bond motifs is 3. The van der Waals surface area contributed by atoms with Crippen molar-refractivity contribution in [3.63, 3.8) is 0 Å². The molecule has 18 nitrogen and oxygen atoms in total. The zero-order valence-electron chi connectivity index (χ0n) is 33.7. The maximum Gasteiger partial charge on any atom is 0.308 e. The number of aliphatic hydroxyl groups is 1. The van der Waals surface area contributed by atoms with Gasteiger partial charge >= 0.3 is 47.8 Å². The number of hydrogen-bond acceptors (Lipinski definition) is 18. The molecule has 56 heavy (non-hydrogen) atoms. The first-order valence-electron chi connectivity index (χ1n) is 18.1. The summed E-state index contributed by atoms with van der Waals surface area (Å²) in [4.78, 5) is 120. The molecule has 18 heteroatoms. The molecule has 312 valence electrons. The van der Waals surface area contributed by atoms with Crippen LogP contribution in [0.15, 0.2) is 12.2 Å². The van der Waals surface area contributed by atoms with E-state index in [9.17, 15) is 43.5 Å². The number of esters is 8. The Labute approximate surface area is 324 Å². The third kappa shape index (κ3) is 8.89. The van der Waals surface area contributed by atoms with E-state index in [0.717, 1.165) is 48.5 Å². The number of ketones is 1. The molecule has 0 aromatic heterocycles. The molecule has 1 saturated carbocycles. The smallest absolute Gasteiger partial charge is 0.308 e. The van der Waals surface area contributed by atoms with E-state index in [0.29, 0.717) is 0 Å². The first kappa shape index (κ1) is 45.5. The van der Waals surface area contributed by atoms with Gasteiger partial charge in [0, 0.05) is 65.7 Å². The third-order valence-corrected chi connectivity index (χ3v) is 10.1. The van der Waals surface area contributed by atoms with Crippen molar-refractivity contribution in [3.8, 4) is 0 Å².